The molecule has 5 rings (SSSR count). The number of aromatic amines is 1. The number of rotatable bonds is 6. The quantitative estimate of drug-likeness (QED) is 0.436. The maximum Gasteiger partial charge on any atom is 0.216 e. The number of aliphatic hydroxyl groups excluding tert-OH is 1. The standard InChI is InChI=1S/C24H30N6O3S/c1-15(2)22-20-13-18(17-6-8-29(9-7-17)34(32,33)11-10-31)4-5-21(20)25-23(22)19-12-16(3)24-26-27-28-30(24)14-19/h4-5,12-15,17,25,31H,6-11H2,1-3H3. The fraction of sp³-hybridized carbons (Fsp3) is 0.458. The lowest BCUT2D eigenvalue weighted by atomic mass is 9.88. The first-order valence-electron chi connectivity index (χ1n) is 11.7. The molecule has 4 heterocycles. The van der Waals surface area contributed by atoms with E-state index in [0.29, 0.717) is 24.9 Å². The average molecular weight is 483 g/mol. The first-order chi connectivity index (χ1) is 16.3. The summed E-state index contributed by atoms with van der Waals surface area (Å²) in [5, 5.41) is 22.2. The monoisotopic (exact) mass is 482 g/mol. The number of aryl methyl sites for hydroxylation is 1. The smallest absolute Gasteiger partial charge is 0.216 e. The van der Waals surface area contributed by atoms with Gasteiger partial charge in [-0.15, -0.1) is 5.10 Å². The number of sulfonamides is 1. The van der Waals surface area contributed by atoms with Gasteiger partial charge in [0.15, 0.2) is 5.65 Å². The number of hydrogen-bond acceptors (Lipinski definition) is 6. The van der Waals surface area contributed by atoms with E-state index in [1.165, 1.54) is 20.8 Å². The largest absolute Gasteiger partial charge is 0.395 e. The summed E-state index contributed by atoms with van der Waals surface area (Å²) in [6.07, 6.45) is 3.52. The van der Waals surface area contributed by atoms with Crippen LogP contribution in [-0.2, 0) is 10.0 Å². The second kappa shape index (κ2) is 8.75. The number of nitrogens with one attached hydrogen (secondary N) is 1. The summed E-state index contributed by atoms with van der Waals surface area (Å²) in [5.41, 5.74) is 7.46. The summed E-state index contributed by atoms with van der Waals surface area (Å²) < 4.78 is 27.8. The molecule has 0 amide bonds. The number of benzene rings is 1. The van der Waals surface area contributed by atoms with Crippen molar-refractivity contribution >= 4 is 26.6 Å². The Bertz CT molecular complexity index is 1450. The molecule has 1 aliphatic rings. The van der Waals surface area contributed by atoms with Crippen molar-refractivity contribution in [2.45, 2.75) is 45.4 Å². The van der Waals surface area contributed by atoms with Gasteiger partial charge in [0.2, 0.25) is 10.0 Å². The predicted octanol–water partition coefficient (Wildman–Crippen LogP) is 3.21. The molecule has 0 bridgehead atoms. The van der Waals surface area contributed by atoms with Gasteiger partial charge in [-0.1, -0.05) is 19.9 Å². The van der Waals surface area contributed by atoms with Gasteiger partial charge in [-0.05, 0) is 76.9 Å². The van der Waals surface area contributed by atoms with Crippen molar-refractivity contribution in [1.29, 1.82) is 0 Å². The molecule has 34 heavy (non-hydrogen) atoms. The number of fused-ring (bicyclic) bond motifs is 2. The SMILES string of the molecule is Cc1cc(-c2[nH]c3ccc(C4CCN(S(=O)(=O)CCO)CC4)cc3c2C(C)C)cn2nnnc12. The molecule has 0 saturated carbocycles. The van der Waals surface area contributed by atoms with E-state index >= 15 is 0 Å². The Labute approximate surface area is 198 Å². The summed E-state index contributed by atoms with van der Waals surface area (Å²) in [6.45, 7) is 7.06. The van der Waals surface area contributed by atoms with Crippen LogP contribution < -0.4 is 0 Å². The van der Waals surface area contributed by atoms with Crippen molar-refractivity contribution in [3.63, 3.8) is 0 Å². The van der Waals surface area contributed by atoms with E-state index in [0.717, 1.165) is 40.8 Å². The van der Waals surface area contributed by atoms with Crippen molar-refractivity contribution in [3.05, 3.63) is 47.2 Å². The molecule has 4 aromatic rings. The molecule has 0 unspecified atom stereocenters. The Balaban J connectivity index is 1.50. The van der Waals surface area contributed by atoms with Crippen LogP contribution in [0, 0.1) is 6.92 Å². The molecular formula is C24H30N6O3S. The zero-order chi connectivity index (χ0) is 24.0. The van der Waals surface area contributed by atoms with E-state index in [-0.39, 0.29) is 12.4 Å². The summed E-state index contributed by atoms with van der Waals surface area (Å²) >= 11 is 0. The molecule has 1 aliphatic heterocycles. The summed E-state index contributed by atoms with van der Waals surface area (Å²) in [7, 11) is -3.37. The highest BCUT2D eigenvalue weighted by atomic mass is 32.2. The van der Waals surface area contributed by atoms with Crippen LogP contribution in [0.3, 0.4) is 0 Å². The van der Waals surface area contributed by atoms with Crippen molar-refractivity contribution in [2.24, 2.45) is 0 Å². The van der Waals surface area contributed by atoms with Gasteiger partial charge < -0.3 is 10.1 Å². The zero-order valence-electron chi connectivity index (χ0n) is 19.7. The van der Waals surface area contributed by atoms with Crippen LogP contribution in [0.4, 0.5) is 0 Å². The van der Waals surface area contributed by atoms with Crippen molar-refractivity contribution in [1.82, 2.24) is 29.3 Å². The number of nitrogens with zero attached hydrogens (tertiary/aromatic N) is 5. The number of pyridine rings is 1. The first-order valence-corrected chi connectivity index (χ1v) is 13.3. The molecule has 0 radical (unpaired) electrons. The maximum atomic E-state index is 12.3. The van der Waals surface area contributed by atoms with Crippen LogP contribution in [-0.4, -0.2) is 68.3 Å². The molecule has 9 nitrogen and oxygen atoms in total. The number of aromatic nitrogens is 5. The van der Waals surface area contributed by atoms with Crippen LogP contribution in [0.1, 0.15) is 55.2 Å². The van der Waals surface area contributed by atoms with Crippen LogP contribution in [0.25, 0.3) is 27.8 Å². The third-order valence-electron chi connectivity index (χ3n) is 6.88. The lowest BCUT2D eigenvalue weighted by Crippen LogP contribution is -2.39. The molecule has 0 aliphatic carbocycles. The molecule has 3 aromatic heterocycles. The van der Waals surface area contributed by atoms with Crippen LogP contribution in [0.15, 0.2) is 30.5 Å². The number of aliphatic hydroxyl groups is 1. The van der Waals surface area contributed by atoms with E-state index in [2.05, 4.69) is 58.6 Å². The highest BCUT2D eigenvalue weighted by molar-refractivity contribution is 7.89. The molecular weight excluding hydrogens is 452 g/mol. The highest BCUT2D eigenvalue weighted by Gasteiger charge is 2.28. The number of H-pyrrole nitrogens is 1. The minimum absolute atomic E-state index is 0.205. The van der Waals surface area contributed by atoms with Gasteiger partial charge in [-0.25, -0.2) is 12.7 Å². The molecule has 1 fully saturated rings. The Hall–Kier alpha value is -2.82. The Morgan fingerprint density at radius 1 is 1.21 bits per heavy atom. The van der Waals surface area contributed by atoms with Gasteiger partial charge in [0.05, 0.1) is 18.1 Å². The fourth-order valence-corrected chi connectivity index (χ4v) is 6.42. The van der Waals surface area contributed by atoms with Crippen molar-refractivity contribution < 1.29 is 13.5 Å². The third-order valence-corrected chi connectivity index (χ3v) is 8.73. The second-order valence-electron chi connectivity index (χ2n) is 9.45. The molecule has 1 saturated heterocycles. The van der Waals surface area contributed by atoms with Gasteiger partial charge in [-0.3, -0.25) is 0 Å². The van der Waals surface area contributed by atoms with Crippen molar-refractivity contribution in [2.75, 3.05) is 25.4 Å². The van der Waals surface area contributed by atoms with Gasteiger partial charge in [-0.2, -0.15) is 4.52 Å². The summed E-state index contributed by atoms with van der Waals surface area (Å²) in [5.74, 6) is 0.404. The molecule has 1 aromatic carbocycles. The first kappa shape index (κ1) is 22.9. The third kappa shape index (κ3) is 3.99. The topological polar surface area (TPSA) is 116 Å². The van der Waals surface area contributed by atoms with E-state index in [1.807, 2.05) is 13.1 Å². The Kier molecular flexibility index (Phi) is 5.91. The van der Waals surface area contributed by atoms with Gasteiger partial charge in [0.1, 0.15) is 0 Å². The second-order valence-corrected chi connectivity index (χ2v) is 11.5. The van der Waals surface area contributed by atoms with Gasteiger partial charge >= 0.3 is 0 Å². The summed E-state index contributed by atoms with van der Waals surface area (Å²) in [6, 6.07) is 8.68. The average Bonchev–Trinajstić information content (AvgIpc) is 3.43. The Morgan fingerprint density at radius 3 is 2.68 bits per heavy atom. The minimum atomic E-state index is -3.37. The zero-order valence-corrected chi connectivity index (χ0v) is 20.5. The van der Waals surface area contributed by atoms with Crippen LogP contribution in [0.2, 0.25) is 0 Å². The van der Waals surface area contributed by atoms with E-state index < -0.39 is 10.0 Å². The number of piperidine rings is 1. The lowest BCUT2D eigenvalue weighted by Gasteiger charge is -2.31. The Morgan fingerprint density at radius 2 is 1.97 bits per heavy atom. The maximum absolute atomic E-state index is 12.3. The molecule has 2 N–H and O–H groups in total. The van der Waals surface area contributed by atoms with Crippen LogP contribution >= 0.6 is 0 Å². The van der Waals surface area contributed by atoms with Crippen molar-refractivity contribution in [3.8, 4) is 11.3 Å². The lowest BCUT2D eigenvalue weighted by molar-refractivity contribution is 0.299. The van der Waals surface area contributed by atoms with E-state index in [9.17, 15) is 8.42 Å². The van der Waals surface area contributed by atoms with Gasteiger partial charge in [0.25, 0.3) is 0 Å². The molecule has 0 atom stereocenters. The minimum Gasteiger partial charge on any atom is -0.395 e. The van der Waals surface area contributed by atoms with E-state index in [4.69, 9.17) is 5.11 Å². The van der Waals surface area contributed by atoms with Crippen LogP contribution in [0.5, 0.6) is 0 Å². The fourth-order valence-electron chi connectivity index (χ4n) is 5.17. The predicted molar refractivity (Wildman–Crippen MR) is 131 cm³/mol. The molecule has 10 heteroatoms. The summed E-state index contributed by atoms with van der Waals surface area (Å²) in [4.78, 5) is 3.62. The van der Waals surface area contributed by atoms with E-state index in [1.54, 1.807) is 4.52 Å². The molecule has 0 spiro atoms. The number of hydrogen-bond donors (Lipinski definition) is 2. The molecule has 180 valence electrons. The van der Waals surface area contributed by atoms with Gasteiger partial charge in [0, 0.05) is 35.8 Å². The number of tetrazole rings is 1. The normalized spacial score (nSPS) is 16.3. The highest BCUT2D eigenvalue weighted by Crippen LogP contribution is 2.38.